The van der Waals surface area contributed by atoms with E-state index in [1.807, 2.05) is 74.7 Å². The van der Waals surface area contributed by atoms with Gasteiger partial charge in [-0.1, -0.05) is 18.2 Å². The zero-order valence-electron chi connectivity index (χ0n) is 25.8. The van der Waals surface area contributed by atoms with Crippen LogP contribution in [0.25, 0.3) is 31.7 Å². The largest absolute Gasteiger partial charge is 0.490 e. The minimum Gasteiger partial charge on any atom is -0.490 e. The molecular weight excluding hydrogens is 586 g/mol. The van der Waals surface area contributed by atoms with Gasteiger partial charge in [0.2, 0.25) is 0 Å². The van der Waals surface area contributed by atoms with Gasteiger partial charge < -0.3 is 14.4 Å². The topological polar surface area (TPSA) is 110 Å². The molecule has 0 aliphatic carbocycles. The van der Waals surface area contributed by atoms with Crippen LogP contribution in [0, 0.1) is 17.2 Å². The van der Waals surface area contributed by atoms with Crippen LogP contribution in [-0.4, -0.2) is 50.8 Å². The van der Waals surface area contributed by atoms with Crippen molar-refractivity contribution in [3.63, 3.8) is 0 Å². The van der Waals surface area contributed by atoms with Gasteiger partial charge in [-0.3, -0.25) is 9.36 Å². The Morgan fingerprint density at radius 2 is 1.82 bits per heavy atom. The summed E-state index contributed by atoms with van der Waals surface area (Å²) in [6.45, 7) is 9.48. The molecule has 1 amide bonds. The summed E-state index contributed by atoms with van der Waals surface area (Å²) in [4.78, 5) is 37.3. The van der Waals surface area contributed by atoms with E-state index in [-0.39, 0.29) is 17.7 Å². The molecule has 1 aliphatic heterocycles. The summed E-state index contributed by atoms with van der Waals surface area (Å²) in [5.41, 5.74) is 1.81. The normalized spacial score (nSPS) is 14.8. The molecule has 9 nitrogen and oxygen atoms in total. The van der Waals surface area contributed by atoms with Gasteiger partial charge in [-0.05, 0) is 82.3 Å². The molecular formula is C35H35N5O4S. The maximum Gasteiger partial charge on any atom is 0.410 e. The second-order valence-corrected chi connectivity index (χ2v) is 13.5. The Hall–Kier alpha value is -4.75. The van der Waals surface area contributed by atoms with E-state index < -0.39 is 5.60 Å². The number of pyridine rings is 1. The summed E-state index contributed by atoms with van der Waals surface area (Å²) in [7, 11) is 0. The van der Waals surface area contributed by atoms with Gasteiger partial charge in [-0.15, -0.1) is 11.3 Å². The predicted molar refractivity (Wildman–Crippen MR) is 176 cm³/mol. The van der Waals surface area contributed by atoms with Crippen LogP contribution in [0.1, 0.15) is 57.7 Å². The molecule has 6 rings (SSSR count). The second-order valence-electron chi connectivity index (χ2n) is 12.5. The number of aromatic nitrogens is 3. The summed E-state index contributed by atoms with van der Waals surface area (Å²) in [6.07, 6.45) is 4.81. The number of hydrogen-bond acceptors (Lipinski definition) is 8. The predicted octanol–water partition coefficient (Wildman–Crippen LogP) is 7.18. The molecule has 10 heteroatoms. The van der Waals surface area contributed by atoms with Gasteiger partial charge in [-0.25, -0.2) is 14.8 Å². The van der Waals surface area contributed by atoms with E-state index in [2.05, 4.69) is 16.0 Å². The molecule has 1 atom stereocenters. The third-order valence-corrected chi connectivity index (χ3v) is 9.27. The van der Waals surface area contributed by atoms with Crippen LogP contribution < -0.4 is 10.3 Å². The van der Waals surface area contributed by atoms with E-state index in [1.54, 1.807) is 40.8 Å². The Balaban J connectivity index is 1.13. The van der Waals surface area contributed by atoms with Crippen molar-refractivity contribution < 1.29 is 14.3 Å². The Labute approximate surface area is 265 Å². The fourth-order valence-electron chi connectivity index (χ4n) is 5.66. The van der Waals surface area contributed by atoms with Crippen molar-refractivity contribution >= 4 is 37.7 Å². The molecule has 0 spiro atoms. The lowest BCUT2D eigenvalue weighted by Crippen LogP contribution is -2.42. The minimum atomic E-state index is -0.499. The molecule has 0 bridgehead atoms. The lowest BCUT2D eigenvalue weighted by Gasteiger charge is -2.33. The molecule has 0 unspecified atom stereocenters. The van der Waals surface area contributed by atoms with E-state index in [0.717, 1.165) is 44.3 Å². The Bertz CT molecular complexity index is 1960. The summed E-state index contributed by atoms with van der Waals surface area (Å²) in [6, 6.07) is 19.0. The first-order chi connectivity index (χ1) is 21.6. The maximum absolute atomic E-state index is 13.2. The monoisotopic (exact) mass is 621 g/mol. The van der Waals surface area contributed by atoms with Crippen LogP contribution >= 0.6 is 11.3 Å². The minimum absolute atomic E-state index is 0.0827. The van der Waals surface area contributed by atoms with Gasteiger partial charge in [0.1, 0.15) is 10.4 Å². The maximum atomic E-state index is 13.2. The number of nitriles is 1. The molecule has 0 radical (unpaired) electrons. The number of nitrogens with zero attached hydrogens (tertiary/aromatic N) is 5. The second kappa shape index (κ2) is 12.3. The molecule has 2 aromatic carbocycles. The SMILES string of the molecule is C[C@H](c1cccc(-c2ncc(OCC3CCN(C(=O)OC(C)(C)C)CC3)cn2)c1)n1c(=O)ccc2c3cc(C#N)ccc3sc21. The van der Waals surface area contributed by atoms with E-state index in [9.17, 15) is 14.9 Å². The average Bonchev–Trinajstić information content (AvgIpc) is 3.40. The van der Waals surface area contributed by atoms with Gasteiger partial charge >= 0.3 is 6.09 Å². The fraction of sp³-hybridized carbons (Fsp3) is 0.343. The number of rotatable bonds is 6. The smallest absolute Gasteiger partial charge is 0.410 e. The summed E-state index contributed by atoms with van der Waals surface area (Å²) in [5, 5.41) is 11.3. The first kappa shape index (κ1) is 30.3. The van der Waals surface area contributed by atoms with Crippen LogP contribution in [0.3, 0.4) is 0 Å². The fourth-order valence-corrected chi connectivity index (χ4v) is 6.92. The Morgan fingerprint density at radius 1 is 1.07 bits per heavy atom. The zero-order chi connectivity index (χ0) is 31.7. The zero-order valence-corrected chi connectivity index (χ0v) is 26.6. The third kappa shape index (κ3) is 6.54. The summed E-state index contributed by atoms with van der Waals surface area (Å²) >= 11 is 1.56. The standard InChI is InChI=1S/C35H35N5O4S/c1-22(40-31(41)11-9-28-29-16-24(18-36)8-10-30(29)45-33(28)40)25-6-5-7-26(17-25)32-37-19-27(20-38-32)43-21-23-12-14-39(15-13-23)34(42)44-35(2,3)4/h5-11,16-17,19-20,22-23H,12-15,21H2,1-4H3/t22-/m1/s1. The highest BCUT2D eigenvalue weighted by molar-refractivity contribution is 7.25. The van der Waals surface area contributed by atoms with E-state index >= 15 is 0 Å². The number of amides is 1. The van der Waals surface area contributed by atoms with Crippen LogP contribution in [-0.2, 0) is 4.74 Å². The summed E-state index contributed by atoms with van der Waals surface area (Å²) < 4.78 is 14.4. The molecule has 5 aromatic rings. The molecule has 1 saturated heterocycles. The molecule has 0 N–H and O–H groups in total. The van der Waals surface area contributed by atoms with Gasteiger partial charge in [-0.2, -0.15) is 5.26 Å². The van der Waals surface area contributed by atoms with Crippen LogP contribution in [0.5, 0.6) is 5.75 Å². The van der Waals surface area contributed by atoms with Gasteiger partial charge in [0, 0.05) is 40.2 Å². The molecule has 1 aliphatic rings. The van der Waals surface area contributed by atoms with E-state index in [0.29, 0.717) is 42.8 Å². The van der Waals surface area contributed by atoms with Gasteiger partial charge in [0.15, 0.2) is 11.6 Å². The number of piperidine rings is 1. The van der Waals surface area contributed by atoms with E-state index in [4.69, 9.17) is 9.47 Å². The number of thiophene rings is 1. The number of hydrogen-bond donors (Lipinski definition) is 0. The van der Waals surface area contributed by atoms with Crippen molar-refractivity contribution in [3.8, 4) is 23.2 Å². The number of likely N-dealkylation sites (tertiary alicyclic amines) is 1. The Morgan fingerprint density at radius 3 is 2.53 bits per heavy atom. The third-order valence-electron chi connectivity index (χ3n) is 8.08. The van der Waals surface area contributed by atoms with Crippen molar-refractivity contribution in [1.82, 2.24) is 19.4 Å². The number of carbonyl (C=O) groups excluding carboxylic acids is 1. The quantitative estimate of drug-likeness (QED) is 0.198. The van der Waals surface area contributed by atoms with Gasteiger partial charge in [0.25, 0.3) is 5.56 Å². The van der Waals surface area contributed by atoms with Crippen molar-refractivity contribution in [2.75, 3.05) is 19.7 Å². The highest BCUT2D eigenvalue weighted by atomic mass is 32.1. The van der Waals surface area contributed by atoms with Crippen LogP contribution in [0.15, 0.2) is 71.8 Å². The van der Waals surface area contributed by atoms with Gasteiger partial charge in [0.05, 0.1) is 36.7 Å². The highest BCUT2D eigenvalue weighted by Crippen LogP contribution is 2.36. The van der Waals surface area contributed by atoms with Crippen molar-refractivity contribution in [2.24, 2.45) is 5.92 Å². The molecule has 45 heavy (non-hydrogen) atoms. The lowest BCUT2D eigenvalue weighted by atomic mass is 9.98. The molecule has 1 fully saturated rings. The number of benzene rings is 2. The van der Waals surface area contributed by atoms with Crippen LogP contribution in [0.2, 0.25) is 0 Å². The molecule has 4 heterocycles. The molecule has 3 aromatic heterocycles. The van der Waals surface area contributed by atoms with E-state index in [1.165, 1.54) is 0 Å². The summed E-state index contributed by atoms with van der Waals surface area (Å²) in [5.74, 6) is 1.50. The first-order valence-electron chi connectivity index (χ1n) is 15.1. The van der Waals surface area contributed by atoms with Crippen molar-refractivity contribution in [2.45, 2.75) is 52.2 Å². The first-order valence-corrected chi connectivity index (χ1v) is 15.9. The Kier molecular flexibility index (Phi) is 8.30. The number of fused-ring (bicyclic) bond motifs is 3. The number of ether oxygens (including phenoxy) is 2. The molecule has 230 valence electrons. The number of carbonyl (C=O) groups is 1. The average molecular weight is 622 g/mol. The van der Waals surface area contributed by atoms with Crippen LogP contribution in [0.4, 0.5) is 4.79 Å². The highest BCUT2D eigenvalue weighted by Gasteiger charge is 2.27. The van der Waals surface area contributed by atoms with Crippen molar-refractivity contribution in [1.29, 1.82) is 5.26 Å². The van der Waals surface area contributed by atoms with Crippen molar-refractivity contribution in [3.05, 3.63) is 88.5 Å². The lowest BCUT2D eigenvalue weighted by molar-refractivity contribution is 0.0165. The molecule has 0 saturated carbocycles.